The Morgan fingerprint density at radius 1 is 0.963 bits per heavy atom. The molecule has 7 heteroatoms. The van der Waals surface area contributed by atoms with Gasteiger partial charge in [0.05, 0.1) is 12.8 Å². The van der Waals surface area contributed by atoms with Crippen LogP contribution in [0.25, 0.3) is 0 Å². The van der Waals surface area contributed by atoms with Gasteiger partial charge in [0.15, 0.2) is 11.6 Å². The fourth-order valence-corrected chi connectivity index (χ4v) is 2.31. The molecule has 0 aliphatic carbocycles. The van der Waals surface area contributed by atoms with E-state index in [4.69, 9.17) is 9.47 Å². The van der Waals surface area contributed by atoms with E-state index in [0.717, 1.165) is 0 Å². The summed E-state index contributed by atoms with van der Waals surface area (Å²) in [7, 11) is 1.46. The van der Waals surface area contributed by atoms with Crippen LogP contribution in [-0.4, -0.2) is 18.1 Å². The molecule has 0 heterocycles. The van der Waals surface area contributed by atoms with Crippen molar-refractivity contribution in [1.29, 1.82) is 0 Å². The topological polar surface area (TPSA) is 67.8 Å². The second kappa shape index (κ2) is 7.74. The number of carbonyl (C=O) groups is 1. The van der Waals surface area contributed by atoms with Crippen molar-refractivity contribution in [3.05, 3.63) is 77.9 Å². The number of ether oxygens (including phenoxy) is 2. The van der Waals surface area contributed by atoms with E-state index >= 15 is 0 Å². The van der Waals surface area contributed by atoms with Gasteiger partial charge in [-0.3, -0.25) is 4.79 Å². The van der Waals surface area contributed by atoms with Crippen LogP contribution in [0, 0.1) is 11.6 Å². The Morgan fingerprint density at radius 3 is 2.41 bits per heavy atom. The molecule has 0 atom stereocenters. The highest BCUT2D eigenvalue weighted by atomic mass is 19.2. The molecule has 0 aliphatic rings. The second-order valence-corrected chi connectivity index (χ2v) is 5.52. The number of halogens is 2. The molecule has 27 heavy (non-hydrogen) atoms. The summed E-state index contributed by atoms with van der Waals surface area (Å²) in [5.74, 6) is -2.75. The molecule has 0 unspecified atom stereocenters. The van der Waals surface area contributed by atoms with Crippen LogP contribution in [0.15, 0.2) is 60.7 Å². The van der Waals surface area contributed by atoms with E-state index in [2.05, 4.69) is 5.32 Å². The van der Waals surface area contributed by atoms with Crippen LogP contribution >= 0.6 is 0 Å². The fourth-order valence-electron chi connectivity index (χ4n) is 2.31. The molecule has 1 amide bonds. The molecule has 3 rings (SSSR count). The summed E-state index contributed by atoms with van der Waals surface area (Å²) in [5.41, 5.74) is -0.0862. The van der Waals surface area contributed by atoms with Gasteiger partial charge in [0.25, 0.3) is 5.91 Å². The van der Waals surface area contributed by atoms with Gasteiger partial charge in [0, 0.05) is 5.56 Å². The predicted molar refractivity (Wildman–Crippen MR) is 95.5 cm³/mol. The van der Waals surface area contributed by atoms with Crippen LogP contribution in [0.5, 0.6) is 23.0 Å². The maximum atomic E-state index is 14.3. The SMILES string of the molecule is COc1cccc(C(=O)Nc2ccc(Oc3ccc(O)cc3)c(F)c2F)c1. The monoisotopic (exact) mass is 371 g/mol. The maximum Gasteiger partial charge on any atom is 0.255 e. The lowest BCUT2D eigenvalue weighted by atomic mass is 10.2. The number of rotatable bonds is 5. The number of amides is 1. The molecule has 0 aliphatic heterocycles. The van der Waals surface area contributed by atoms with E-state index in [1.165, 1.54) is 55.6 Å². The van der Waals surface area contributed by atoms with E-state index in [1.807, 2.05) is 0 Å². The van der Waals surface area contributed by atoms with Crippen LogP contribution in [0.2, 0.25) is 0 Å². The highest BCUT2D eigenvalue weighted by Crippen LogP contribution is 2.30. The number of methoxy groups -OCH3 is 1. The first-order valence-corrected chi connectivity index (χ1v) is 7.88. The van der Waals surface area contributed by atoms with Gasteiger partial charge in [-0.25, -0.2) is 4.39 Å². The Hall–Kier alpha value is -3.61. The third-order valence-electron chi connectivity index (χ3n) is 3.69. The quantitative estimate of drug-likeness (QED) is 0.681. The minimum atomic E-state index is -1.25. The molecule has 0 fully saturated rings. The van der Waals surface area contributed by atoms with Gasteiger partial charge in [0.1, 0.15) is 17.2 Å². The molecule has 5 nitrogen and oxygen atoms in total. The van der Waals surface area contributed by atoms with Crippen LogP contribution in [0.1, 0.15) is 10.4 Å². The van der Waals surface area contributed by atoms with Gasteiger partial charge in [-0.15, -0.1) is 0 Å². The summed E-state index contributed by atoms with van der Waals surface area (Å²) in [6, 6.07) is 14.2. The fraction of sp³-hybridized carbons (Fsp3) is 0.0500. The van der Waals surface area contributed by atoms with Gasteiger partial charge >= 0.3 is 0 Å². The van der Waals surface area contributed by atoms with Gasteiger partial charge in [-0.05, 0) is 54.6 Å². The van der Waals surface area contributed by atoms with Crippen LogP contribution in [-0.2, 0) is 0 Å². The van der Waals surface area contributed by atoms with Crippen LogP contribution in [0.4, 0.5) is 14.5 Å². The van der Waals surface area contributed by atoms with Crippen LogP contribution in [0.3, 0.4) is 0 Å². The third-order valence-corrected chi connectivity index (χ3v) is 3.69. The lowest BCUT2D eigenvalue weighted by molar-refractivity contribution is 0.102. The molecule has 3 aromatic carbocycles. The predicted octanol–water partition coefficient (Wildman–Crippen LogP) is 4.72. The molecule has 0 radical (unpaired) electrons. The second-order valence-electron chi connectivity index (χ2n) is 5.52. The number of phenols is 1. The van der Waals surface area contributed by atoms with E-state index in [-0.39, 0.29) is 28.5 Å². The molecule has 0 saturated carbocycles. The van der Waals surface area contributed by atoms with E-state index in [9.17, 15) is 18.7 Å². The van der Waals surface area contributed by atoms with Gasteiger partial charge < -0.3 is 19.9 Å². The smallest absolute Gasteiger partial charge is 0.255 e. The summed E-state index contributed by atoms with van der Waals surface area (Å²) < 4.78 is 38.9. The number of nitrogens with one attached hydrogen (secondary N) is 1. The van der Waals surface area contributed by atoms with Crippen molar-refractivity contribution in [3.8, 4) is 23.0 Å². The molecule has 0 saturated heterocycles. The zero-order valence-corrected chi connectivity index (χ0v) is 14.2. The first-order chi connectivity index (χ1) is 13.0. The van der Waals surface area contributed by atoms with Crippen molar-refractivity contribution in [2.75, 3.05) is 12.4 Å². The molecule has 3 aromatic rings. The van der Waals surface area contributed by atoms with E-state index in [0.29, 0.717) is 5.75 Å². The summed E-state index contributed by atoms with van der Waals surface area (Å²) in [4.78, 5) is 12.2. The minimum Gasteiger partial charge on any atom is -0.508 e. The lowest BCUT2D eigenvalue weighted by Crippen LogP contribution is -2.13. The van der Waals surface area contributed by atoms with Crippen molar-refractivity contribution in [2.45, 2.75) is 0 Å². The van der Waals surface area contributed by atoms with Crippen molar-refractivity contribution in [1.82, 2.24) is 0 Å². The van der Waals surface area contributed by atoms with Gasteiger partial charge in [0.2, 0.25) is 5.82 Å². The molecule has 0 spiro atoms. The summed E-state index contributed by atoms with van der Waals surface area (Å²) >= 11 is 0. The Morgan fingerprint density at radius 2 is 1.70 bits per heavy atom. The Bertz CT molecular complexity index is 974. The Balaban J connectivity index is 1.79. The maximum absolute atomic E-state index is 14.3. The Labute approximate surface area is 153 Å². The molecule has 0 bridgehead atoms. The normalized spacial score (nSPS) is 10.3. The van der Waals surface area contributed by atoms with Crippen molar-refractivity contribution < 1.29 is 28.2 Å². The number of phenolic OH excluding ortho intramolecular Hbond substituents is 1. The van der Waals surface area contributed by atoms with Crippen molar-refractivity contribution >= 4 is 11.6 Å². The largest absolute Gasteiger partial charge is 0.508 e. The zero-order valence-electron chi connectivity index (χ0n) is 14.2. The highest BCUT2D eigenvalue weighted by Gasteiger charge is 2.17. The Kier molecular flexibility index (Phi) is 5.21. The molecular weight excluding hydrogens is 356 g/mol. The average molecular weight is 371 g/mol. The van der Waals surface area contributed by atoms with Gasteiger partial charge in [-0.1, -0.05) is 6.07 Å². The van der Waals surface area contributed by atoms with E-state index < -0.39 is 17.5 Å². The summed E-state index contributed by atoms with van der Waals surface area (Å²) in [6.45, 7) is 0. The standard InChI is InChI=1S/C20H15F2NO4/c1-26-15-4-2-3-12(11-15)20(25)23-16-9-10-17(19(22)18(16)21)27-14-7-5-13(24)6-8-14/h2-11,24H,1H3,(H,23,25). The van der Waals surface area contributed by atoms with Crippen LogP contribution < -0.4 is 14.8 Å². The number of benzene rings is 3. The number of anilines is 1. The van der Waals surface area contributed by atoms with Gasteiger partial charge in [-0.2, -0.15) is 4.39 Å². The molecule has 138 valence electrons. The van der Waals surface area contributed by atoms with Crippen molar-refractivity contribution in [2.24, 2.45) is 0 Å². The summed E-state index contributed by atoms with van der Waals surface area (Å²) in [5, 5.41) is 11.6. The first kappa shape index (κ1) is 18.2. The summed E-state index contributed by atoms with van der Waals surface area (Å²) in [6.07, 6.45) is 0. The number of hydrogen-bond acceptors (Lipinski definition) is 4. The molecule has 0 aromatic heterocycles. The average Bonchev–Trinajstić information content (AvgIpc) is 2.69. The molecular formula is C20H15F2NO4. The number of aromatic hydroxyl groups is 1. The van der Waals surface area contributed by atoms with Crippen molar-refractivity contribution in [3.63, 3.8) is 0 Å². The highest BCUT2D eigenvalue weighted by molar-refractivity contribution is 6.04. The number of hydrogen-bond donors (Lipinski definition) is 2. The third kappa shape index (κ3) is 4.14. The zero-order chi connectivity index (χ0) is 19.4. The minimum absolute atomic E-state index is 0.0182. The molecule has 2 N–H and O–H groups in total. The van der Waals surface area contributed by atoms with E-state index in [1.54, 1.807) is 12.1 Å². The first-order valence-electron chi connectivity index (χ1n) is 7.88. The number of carbonyl (C=O) groups excluding carboxylic acids is 1. The lowest BCUT2D eigenvalue weighted by Gasteiger charge is -2.11.